The van der Waals surface area contributed by atoms with Gasteiger partial charge in [-0.3, -0.25) is 0 Å². The van der Waals surface area contributed by atoms with Crippen molar-refractivity contribution in [2.24, 2.45) is 0 Å². The molecule has 1 aromatic rings. The SMILES string of the molecule is CCN(CC)c1nc(N2CCCC2)cs1. The molecule has 0 spiro atoms. The molecule has 84 valence electrons. The summed E-state index contributed by atoms with van der Waals surface area (Å²) in [5.41, 5.74) is 0. The van der Waals surface area contributed by atoms with E-state index in [-0.39, 0.29) is 0 Å². The zero-order valence-corrected chi connectivity index (χ0v) is 10.4. The normalized spacial score (nSPS) is 16.0. The predicted molar refractivity (Wildman–Crippen MR) is 67.1 cm³/mol. The van der Waals surface area contributed by atoms with Crippen molar-refractivity contribution in [2.45, 2.75) is 26.7 Å². The summed E-state index contributed by atoms with van der Waals surface area (Å²) in [5.74, 6) is 1.18. The second kappa shape index (κ2) is 4.84. The van der Waals surface area contributed by atoms with Crippen LogP contribution < -0.4 is 9.80 Å². The minimum Gasteiger partial charge on any atom is -0.356 e. The van der Waals surface area contributed by atoms with E-state index in [1.165, 1.54) is 36.9 Å². The lowest BCUT2D eigenvalue weighted by Crippen LogP contribution is -2.22. The van der Waals surface area contributed by atoms with Gasteiger partial charge in [-0.05, 0) is 26.7 Å². The highest BCUT2D eigenvalue weighted by atomic mass is 32.1. The Bertz CT molecular complexity index is 284. The molecule has 1 aliphatic heterocycles. The molecule has 0 N–H and O–H groups in total. The van der Waals surface area contributed by atoms with Gasteiger partial charge in [0.1, 0.15) is 5.82 Å². The third-order valence-electron chi connectivity index (χ3n) is 2.94. The number of aromatic nitrogens is 1. The van der Waals surface area contributed by atoms with Crippen LogP contribution in [0.25, 0.3) is 0 Å². The summed E-state index contributed by atoms with van der Waals surface area (Å²) in [6, 6.07) is 0. The van der Waals surface area contributed by atoms with E-state index in [2.05, 4.69) is 29.0 Å². The van der Waals surface area contributed by atoms with Gasteiger partial charge >= 0.3 is 0 Å². The highest BCUT2D eigenvalue weighted by Crippen LogP contribution is 2.27. The summed E-state index contributed by atoms with van der Waals surface area (Å²) in [7, 11) is 0. The average molecular weight is 225 g/mol. The summed E-state index contributed by atoms with van der Waals surface area (Å²) in [5, 5.41) is 3.36. The van der Waals surface area contributed by atoms with Crippen molar-refractivity contribution in [1.82, 2.24) is 4.98 Å². The first-order valence-electron chi connectivity index (χ1n) is 5.80. The van der Waals surface area contributed by atoms with Gasteiger partial charge in [0, 0.05) is 31.6 Å². The molecule has 3 nitrogen and oxygen atoms in total. The van der Waals surface area contributed by atoms with Gasteiger partial charge in [-0.25, -0.2) is 4.98 Å². The third kappa shape index (κ3) is 2.25. The molecule has 0 aromatic carbocycles. The fourth-order valence-corrected chi connectivity index (χ4v) is 2.95. The van der Waals surface area contributed by atoms with Gasteiger partial charge in [0.2, 0.25) is 0 Å². The fraction of sp³-hybridized carbons (Fsp3) is 0.727. The van der Waals surface area contributed by atoms with E-state index in [0.29, 0.717) is 0 Å². The fourth-order valence-electron chi connectivity index (χ4n) is 1.99. The van der Waals surface area contributed by atoms with Crippen LogP contribution in [0.15, 0.2) is 5.38 Å². The van der Waals surface area contributed by atoms with E-state index in [0.717, 1.165) is 13.1 Å². The maximum absolute atomic E-state index is 4.70. The van der Waals surface area contributed by atoms with Crippen LogP contribution in [0.4, 0.5) is 10.9 Å². The van der Waals surface area contributed by atoms with Gasteiger partial charge in [-0.1, -0.05) is 0 Å². The average Bonchev–Trinajstić information content (AvgIpc) is 2.89. The predicted octanol–water partition coefficient (Wildman–Crippen LogP) is 2.59. The number of nitrogens with zero attached hydrogens (tertiary/aromatic N) is 3. The van der Waals surface area contributed by atoms with Crippen LogP contribution in [0, 0.1) is 0 Å². The van der Waals surface area contributed by atoms with Crippen molar-refractivity contribution < 1.29 is 0 Å². The zero-order chi connectivity index (χ0) is 10.7. The van der Waals surface area contributed by atoms with Crippen molar-refractivity contribution in [3.63, 3.8) is 0 Å². The Hall–Kier alpha value is -0.770. The molecule has 0 aliphatic carbocycles. The lowest BCUT2D eigenvalue weighted by Gasteiger charge is -2.17. The molecule has 1 aromatic heterocycles. The lowest BCUT2D eigenvalue weighted by atomic mass is 10.4. The van der Waals surface area contributed by atoms with Crippen LogP contribution in [-0.2, 0) is 0 Å². The molecule has 0 amide bonds. The second-order valence-electron chi connectivity index (χ2n) is 3.85. The highest BCUT2D eigenvalue weighted by Gasteiger charge is 2.16. The Labute approximate surface area is 95.7 Å². The summed E-state index contributed by atoms with van der Waals surface area (Å²) in [4.78, 5) is 9.41. The number of thiazole rings is 1. The number of rotatable bonds is 4. The van der Waals surface area contributed by atoms with Crippen LogP contribution in [0.3, 0.4) is 0 Å². The first-order chi connectivity index (χ1) is 7.35. The number of hydrogen-bond acceptors (Lipinski definition) is 4. The number of anilines is 2. The number of hydrogen-bond donors (Lipinski definition) is 0. The Morgan fingerprint density at radius 2 is 2.00 bits per heavy atom. The van der Waals surface area contributed by atoms with Crippen LogP contribution in [-0.4, -0.2) is 31.2 Å². The van der Waals surface area contributed by atoms with E-state index in [4.69, 9.17) is 4.98 Å². The summed E-state index contributed by atoms with van der Waals surface area (Å²) >= 11 is 1.77. The lowest BCUT2D eigenvalue weighted by molar-refractivity contribution is 0.854. The molecule has 0 saturated carbocycles. The highest BCUT2D eigenvalue weighted by molar-refractivity contribution is 7.14. The molecule has 0 bridgehead atoms. The molecule has 1 fully saturated rings. The molecule has 1 saturated heterocycles. The summed E-state index contributed by atoms with van der Waals surface area (Å²) in [6.45, 7) is 8.82. The second-order valence-corrected chi connectivity index (χ2v) is 4.69. The van der Waals surface area contributed by atoms with Crippen molar-refractivity contribution in [3.8, 4) is 0 Å². The summed E-state index contributed by atoms with van der Waals surface area (Å²) in [6.07, 6.45) is 2.64. The van der Waals surface area contributed by atoms with Gasteiger partial charge < -0.3 is 9.80 Å². The topological polar surface area (TPSA) is 19.4 Å². The smallest absolute Gasteiger partial charge is 0.187 e. The van der Waals surface area contributed by atoms with Gasteiger partial charge in [-0.2, -0.15) is 0 Å². The van der Waals surface area contributed by atoms with Crippen molar-refractivity contribution in [1.29, 1.82) is 0 Å². The third-order valence-corrected chi connectivity index (χ3v) is 3.83. The van der Waals surface area contributed by atoms with Crippen LogP contribution in [0.2, 0.25) is 0 Å². The molecule has 4 heteroatoms. The van der Waals surface area contributed by atoms with E-state index >= 15 is 0 Å². The Balaban J connectivity index is 2.08. The molecular weight excluding hydrogens is 206 g/mol. The van der Waals surface area contributed by atoms with Gasteiger partial charge in [-0.15, -0.1) is 11.3 Å². The zero-order valence-electron chi connectivity index (χ0n) is 9.57. The van der Waals surface area contributed by atoms with Crippen molar-refractivity contribution in [3.05, 3.63) is 5.38 Å². The molecular formula is C11H19N3S. The maximum Gasteiger partial charge on any atom is 0.187 e. The van der Waals surface area contributed by atoms with Gasteiger partial charge in [0.05, 0.1) is 0 Å². The molecule has 0 atom stereocenters. The first kappa shape index (κ1) is 10.7. The Morgan fingerprint density at radius 1 is 1.33 bits per heavy atom. The van der Waals surface area contributed by atoms with E-state index in [1.54, 1.807) is 11.3 Å². The van der Waals surface area contributed by atoms with E-state index < -0.39 is 0 Å². The molecule has 2 heterocycles. The van der Waals surface area contributed by atoms with E-state index in [1.807, 2.05) is 0 Å². The van der Waals surface area contributed by atoms with E-state index in [9.17, 15) is 0 Å². The monoisotopic (exact) mass is 225 g/mol. The maximum atomic E-state index is 4.70. The molecule has 0 unspecified atom stereocenters. The summed E-state index contributed by atoms with van der Waals surface area (Å²) < 4.78 is 0. The standard InChI is InChI=1S/C11H19N3S/c1-3-13(4-2)11-12-10(9-15-11)14-7-5-6-8-14/h9H,3-8H2,1-2H3. The molecule has 2 rings (SSSR count). The Kier molecular flexibility index (Phi) is 3.46. The van der Waals surface area contributed by atoms with Crippen LogP contribution in [0.5, 0.6) is 0 Å². The van der Waals surface area contributed by atoms with Gasteiger partial charge in [0.15, 0.2) is 5.13 Å². The first-order valence-corrected chi connectivity index (χ1v) is 6.68. The van der Waals surface area contributed by atoms with Crippen LogP contribution in [0.1, 0.15) is 26.7 Å². The minimum absolute atomic E-state index is 1.05. The van der Waals surface area contributed by atoms with Crippen molar-refractivity contribution in [2.75, 3.05) is 36.0 Å². The minimum atomic E-state index is 1.05. The molecule has 15 heavy (non-hydrogen) atoms. The Morgan fingerprint density at radius 3 is 2.60 bits per heavy atom. The largest absolute Gasteiger partial charge is 0.356 e. The van der Waals surface area contributed by atoms with Crippen LogP contribution >= 0.6 is 11.3 Å². The van der Waals surface area contributed by atoms with Crippen molar-refractivity contribution >= 4 is 22.3 Å². The quantitative estimate of drug-likeness (QED) is 0.785. The molecule has 1 aliphatic rings. The van der Waals surface area contributed by atoms with Gasteiger partial charge in [0.25, 0.3) is 0 Å². The molecule has 0 radical (unpaired) electrons.